The molecule has 2 aromatic rings. The fourth-order valence-corrected chi connectivity index (χ4v) is 1.73. The number of nitrogen functional groups attached to an aromatic ring is 1. The smallest absolute Gasteiger partial charge is 0.478 e. The third kappa shape index (κ3) is 6.38. The van der Waals surface area contributed by atoms with E-state index in [0.29, 0.717) is 11.1 Å². The van der Waals surface area contributed by atoms with E-state index >= 15 is 0 Å². The monoisotopic (exact) mass is 395 g/mol. The zero-order valence-electron chi connectivity index (χ0n) is 13.8. The van der Waals surface area contributed by atoms with Gasteiger partial charge in [-0.05, 0) is 30.3 Å². The Morgan fingerprint density at radius 1 is 0.893 bits per heavy atom. The predicted octanol–water partition coefficient (Wildman–Crippen LogP) is 2.70. The Balaban J connectivity index is 0.000000480. The van der Waals surface area contributed by atoms with E-state index in [0.717, 1.165) is 0 Å². The van der Waals surface area contributed by atoms with Crippen LogP contribution in [0.3, 0.4) is 0 Å². The summed E-state index contributed by atoms with van der Waals surface area (Å²) in [6.45, 7) is 0. The summed E-state index contributed by atoms with van der Waals surface area (Å²) < 4.78 is 31.7. The Morgan fingerprint density at radius 2 is 1.46 bits per heavy atom. The number of aliphatic carboxylic acids is 1. The lowest BCUT2D eigenvalue weighted by molar-refractivity contribution is -0.192. The fraction of sp³-hybridized carbons (Fsp3) is 0.0556. The average Bonchev–Trinajstić information content (AvgIpc) is 2.60. The van der Waals surface area contributed by atoms with Crippen LogP contribution in [0, 0.1) is 11.8 Å². The van der Waals surface area contributed by atoms with Gasteiger partial charge in [-0.3, -0.25) is 0 Å². The van der Waals surface area contributed by atoms with Crippen molar-refractivity contribution in [1.29, 1.82) is 0 Å². The molecule has 28 heavy (non-hydrogen) atoms. The van der Waals surface area contributed by atoms with Crippen LogP contribution in [-0.2, 0) is 4.79 Å². The number of anilines is 1. The van der Waals surface area contributed by atoms with Crippen molar-refractivity contribution < 1.29 is 42.9 Å². The van der Waals surface area contributed by atoms with Gasteiger partial charge >= 0.3 is 24.1 Å². The number of benzene rings is 2. The first-order chi connectivity index (χ1) is 12.9. The largest absolute Gasteiger partial charge is 0.490 e. The van der Waals surface area contributed by atoms with E-state index < -0.39 is 24.1 Å². The molecular formula is C18H12F3NO6. The molecule has 0 bridgehead atoms. The van der Waals surface area contributed by atoms with Gasteiger partial charge < -0.3 is 21.1 Å². The van der Waals surface area contributed by atoms with Crippen LogP contribution in [0.4, 0.5) is 18.9 Å². The number of aromatic carboxylic acids is 2. The van der Waals surface area contributed by atoms with Crippen LogP contribution < -0.4 is 5.73 Å². The Morgan fingerprint density at radius 3 is 1.96 bits per heavy atom. The maximum Gasteiger partial charge on any atom is 0.490 e. The Hall–Kier alpha value is -4.00. The maximum atomic E-state index is 11.0. The van der Waals surface area contributed by atoms with Gasteiger partial charge in [0.2, 0.25) is 0 Å². The van der Waals surface area contributed by atoms with E-state index in [9.17, 15) is 22.8 Å². The van der Waals surface area contributed by atoms with E-state index in [-0.39, 0.29) is 16.8 Å². The van der Waals surface area contributed by atoms with Crippen molar-refractivity contribution in [3.8, 4) is 11.8 Å². The average molecular weight is 395 g/mol. The molecule has 146 valence electrons. The standard InChI is InChI=1S/C16H11NO4.C2HF3O2/c17-14-11(4-2-6-13(14)16(20)21)8-7-10-3-1-5-12(9-10)15(18)19;3-2(4,5)1(6)7/h1-6,9H,17H2,(H,18,19)(H,20,21);(H,6,7). The molecule has 0 heterocycles. The molecule has 0 aliphatic carbocycles. The second kappa shape index (κ2) is 9.09. The molecule has 7 nitrogen and oxygen atoms in total. The zero-order valence-corrected chi connectivity index (χ0v) is 13.8. The van der Waals surface area contributed by atoms with E-state index in [1.165, 1.54) is 18.2 Å². The van der Waals surface area contributed by atoms with Crippen LogP contribution >= 0.6 is 0 Å². The van der Waals surface area contributed by atoms with E-state index in [4.69, 9.17) is 25.8 Å². The minimum atomic E-state index is -5.08. The molecule has 2 rings (SSSR count). The minimum absolute atomic E-state index is 0.0129. The first-order valence-electron chi connectivity index (χ1n) is 7.20. The molecule has 0 aliphatic rings. The number of hydrogen-bond donors (Lipinski definition) is 4. The number of nitrogens with two attached hydrogens (primary N) is 1. The van der Waals surface area contributed by atoms with Gasteiger partial charge in [-0.1, -0.05) is 24.0 Å². The summed E-state index contributed by atoms with van der Waals surface area (Å²) in [6, 6.07) is 10.7. The normalized spacial score (nSPS) is 9.96. The predicted molar refractivity (Wildman–Crippen MR) is 90.9 cm³/mol. The van der Waals surface area contributed by atoms with Crippen molar-refractivity contribution in [3.63, 3.8) is 0 Å². The number of alkyl halides is 3. The Kier molecular flexibility index (Phi) is 7.15. The number of halogens is 3. The summed E-state index contributed by atoms with van der Waals surface area (Å²) in [6.07, 6.45) is -5.08. The minimum Gasteiger partial charge on any atom is -0.478 e. The van der Waals surface area contributed by atoms with Crippen LogP contribution in [0.1, 0.15) is 31.8 Å². The van der Waals surface area contributed by atoms with Crippen molar-refractivity contribution in [2.24, 2.45) is 0 Å². The molecular weight excluding hydrogens is 383 g/mol. The van der Waals surface area contributed by atoms with Gasteiger partial charge in [0.05, 0.1) is 16.8 Å². The Labute approximate surface area is 155 Å². The molecule has 0 saturated carbocycles. The van der Waals surface area contributed by atoms with E-state index in [1.54, 1.807) is 24.3 Å². The van der Waals surface area contributed by atoms with Crippen molar-refractivity contribution in [2.45, 2.75) is 6.18 Å². The van der Waals surface area contributed by atoms with Gasteiger partial charge in [-0.25, -0.2) is 14.4 Å². The third-order valence-corrected chi connectivity index (χ3v) is 3.03. The summed E-state index contributed by atoms with van der Waals surface area (Å²) in [4.78, 5) is 30.7. The molecule has 0 aromatic heterocycles. The molecule has 10 heteroatoms. The molecule has 5 N–H and O–H groups in total. The highest BCUT2D eigenvalue weighted by Crippen LogP contribution is 2.17. The van der Waals surface area contributed by atoms with Crippen LogP contribution in [-0.4, -0.2) is 39.4 Å². The SMILES string of the molecule is Nc1c(C#Cc2cccc(C(=O)O)c2)cccc1C(=O)O.O=C(O)C(F)(F)F. The van der Waals surface area contributed by atoms with Gasteiger partial charge in [-0.15, -0.1) is 0 Å². The summed E-state index contributed by atoms with van der Waals surface area (Å²) >= 11 is 0. The van der Waals surface area contributed by atoms with E-state index in [1.807, 2.05) is 0 Å². The maximum absolute atomic E-state index is 11.0. The lowest BCUT2D eigenvalue weighted by atomic mass is 10.1. The number of hydrogen-bond acceptors (Lipinski definition) is 4. The fourth-order valence-electron chi connectivity index (χ4n) is 1.73. The number of carboxylic acid groups (broad SMARTS) is 3. The molecule has 0 spiro atoms. The van der Waals surface area contributed by atoms with Crippen molar-refractivity contribution >= 4 is 23.6 Å². The van der Waals surface area contributed by atoms with Crippen molar-refractivity contribution in [2.75, 3.05) is 5.73 Å². The Bertz CT molecular complexity index is 973. The molecule has 2 aromatic carbocycles. The molecule has 0 saturated heterocycles. The summed E-state index contributed by atoms with van der Waals surface area (Å²) in [5, 5.41) is 25.0. The first kappa shape index (κ1) is 22.0. The van der Waals surface area contributed by atoms with Gasteiger partial charge in [0, 0.05) is 11.1 Å². The van der Waals surface area contributed by atoms with Crippen molar-refractivity contribution in [3.05, 3.63) is 64.7 Å². The van der Waals surface area contributed by atoms with Gasteiger partial charge in [0.15, 0.2) is 0 Å². The van der Waals surface area contributed by atoms with Crippen molar-refractivity contribution in [1.82, 2.24) is 0 Å². The number of para-hydroxylation sites is 1. The summed E-state index contributed by atoms with van der Waals surface area (Å²) in [5.41, 5.74) is 6.85. The van der Waals surface area contributed by atoms with Crippen LogP contribution in [0.5, 0.6) is 0 Å². The number of carboxylic acids is 3. The number of carbonyl (C=O) groups is 3. The highest BCUT2D eigenvalue weighted by Gasteiger charge is 2.38. The molecule has 0 amide bonds. The van der Waals surface area contributed by atoms with Gasteiger partial charge in [0.25, 0.3) is 0 Å². The van der Waals surface area contributed by atoms with Gasteiger partial charge in [-0.2, -0.15) is 13.2 Å². The molecule has 0 unspecified atom stereocenters. The zero-order chi connectivity index (χ0) is 21.5. The lowest BCUT2D eigenvalue weighted by Gasteiger charge is -2.02. The van der Waals surface area contributed by atoms with Crippen LogP contribution in [0.25, 0.3) is 0 Å². The highest BCUT2D eigenvalue weighted by molar-refractivity contribution is 5.95. The summed E-state index contributed by atoms with van der Waals surface area (Å²) in [5.74, 6) is 0.622. The van der Waals surface area contributed by atoms with Gasteiger partial charge in [0.1, 0.15) is 0 Å². The highest BCUT2D eigenvalue weighted by atomic mass is 19.4. The summed E-state index contributed by atoms with van der Waals surface area (Å²) in [7, 11) is 0. The molecule has 0 radical (unpaired) electrons. The quantitative estimate of drug-likeness (QED) is 0.453. The van der Waals surface area contributed by atoms with Crippen LogP contribution in [0.15, 0.2) is 42.5 Å². The molecule has 0 aliphatic heterocycles. The van der Waals surface area contributed by atoms with E-state index in [2.05, 4.69) is 11.8 Å². The topological polar surface area (TPSA) is 138 Å². The van der Waals surface area contributed by atoms with Crippen LogP contribution in [0.2, 0.25) is 0 Å². The lowest BCUT2D eigenvalue weighted by Crippen LogP contribution is -2.21. The molecule has 0 fully saturated rings. The molecule has 0 atom stereocenters. The third-order valence-electron chi connectivity index (χ3n) is 3.03. The second-order valence-electron chi connectivity index (χ2n) is 5.01. The second-order valence-corrected chi connectivity index (χ2v) is 5.01. The number of rotatable bonds is 2. The first-order valence-corrected chi connectivity index (χ1v) is 7.20.